The number of nitrogens with zero attached hydrogens (tertiary/aromatic N) is 1. The first-order valence-electron chi connectivity index (χ1n) is 7.08. The van der Waals surface area contributed by atoms with Crippen molar-refractivity contribution in [3.63, 3.8) is 0 Å². The molecule has 1 aromatic heterocycles. The number of carbonyl (C=O) groups is 1. The van der Waals surface area contributed by atoms with Gasteiger partial charge in [0.05, 0.1) is 5.60 Å². The minimum absolute atomic E-state index is 0.113. The average molecular weight is 262 g/mol. The molecule has 1 amide bonds. The van der Waals surface area contributed by atoms with Gasteiger partial charge in [-0.1, -0.05) is 26.2 Å². The van der Waals surface area contributed by atoms with Crippen molar-refractivity contribution >= 4 is 5.91 Å². The van der Waals surface area contributed by atoms with Crippen molar-refractivity contribution in [3.05, 3.63) is 29.6 Å². The third kappa shape index (κ3) is 3.53. The zero-order valence-electron chi connectivity index (χ0n) is 11.5. The summed E-state index contributed by atoms with van der Waals surface area (Å²) in [5, 5.41) is 13.2. The highest BCUT2D eigenvalue weighted by Gasteiger charge is 2.29. The van der Waals surface area contributed by atoms with Crippen molar-refractivity contribution in [2.24, 2.45) is 0 Å². The number of aryl methyl sites for hydroxylation is 1. The molecule has 0 radical (unpaired) electrons. The van der Waals surface area contributed by atoms with E-state index in [0.717, 1.165) is 37.7 Å². The van der Waals surface area contributed by atoms with Gasteiger partial charge in [-0.3, -0.25) is 9.78 Å². The Balaban J connectivity index is 1.97. The molecule has 19 heavy (non-hydrogen) atoms. The van der Waals surface area contributed by atoms with Crippen LogP contribution in [0.4, 0.5) is 0 Å². The molecule has 2 rings (SSSR count). The summed E-state index contributed by atoms with van der Waals surface area (Å²) < 4.78 is 0. The van der Waals surface area contributed by atoms with E-state index in [-0.39, 0.29) is 5.91 Å². The molecule has 1 fully saturated rings. The van der Waals surface area contributed by atoms with Crippen LogP contribution in [-0.4, -0.2) is 28.1 Å². The maximum Gasteiger partial charge on any atom is 0.251 e. The van der Waals surface area contributed by atoms with Crippen LogP contribution >= 0.6 is 0 Å². The highest BCUT2D eigenvalue weighted by molar-refractivity contribution is 5.95. The van der Waals surface area contributed by atoms with Crippen molar-refractivity contribution in [3.8, 4) is 0 Å². The number of hydrogen-bond acceptors (Lipinski definition) is 3. The van der Waals surface area contributed by atoms with Crippen molar-refractivity contribution in [2.45, 2.75) is 51.0 Å². The zero-order valence-corrected chi connectivity index (χ0v) is 11.5. The van der Waals surface area contributed by atoms with E-state index in [1.165, 1.54) is 6.42 Å². The Morgan fingerprint density at radius 1 is 1.42 bits per heavy atom. The summed E-state index contributed by atoms with van der Waals surface area (Å²) in [4.78, 5) is 16.2. The largest absolute Gasteiger partial charge is 0.388 e. The Bertz CT molecular complexity index is 440. The lowest BCUT2D eigenvalue weighted by atomic mass is 9.85. The lowest BCUT2D eigenvalue weighted by Gasteiger charge is -2.32. The fourth-order valence-corrected chi connectivity index (χ4v) is 2.66. The molecule has 4 nitrogen and oxygen atoms in total. The number of hydrogen-bond donors (Lipinski definition) is 2. The van der Waals surface area contributed by atoms with Gasteiger partial charge in [0.15, 0.2) is 0 Å². The van der Waals surface area contributed by atoms with Crippen molar-refractivity contribution in [1.82, 2.24) is 10.3 Å². The van der Waals surface area contributed by atoms with Crippen LogP contribution in [0.15, 0.2) is 18.5 Å². The molecule has 0 bridgehead atoms. The van der Waals surface area contributed by atoms with E-state index in [1.807, 2.05) is 6.92 Å². The number of carbonyl (C=O) groups excluding carboxylic acids is 1. The van der Waals surface area contributed by atoms with Crippen molar-refractivity contribution in [1.29, 1.82) is 0 Å². The zero-order chi connectivity index (χ0) is 13.7. The first kappa shape index (κ1) is 14.0. The summed E-state index contributed by atoms with van der Waals surface area (Å²) >= 11 is 0. The molecular weight excluding hydrogens is 240 g/mol. The van der Waals surface area contributed by atoms with Gasteiger partial charge >= 0.3 is 0 Å². The van der Waals surface area contributed by atoms with Gasteiger partial charge in [-0.05, 0) is 30.9 Å². The summed E-state index contributed by atoms with van der Waals surface area (Å²) in [6.45, 7) is 2.35. The average Bonchev–Trinajstić information content (AvgIpc) is 2.45. The molecule has 1 aliphatic rings. The predicted molar refractivity (Wildman–Crippen MR) is 74.0 cm³/mol. The SMILES string of the molecule is CCc1cnccc1C(=O)NCC1(O)CCCCC1. The summed E-state index contributed by atoms with van der Waals surface area (Å²) in [6.07, 6.45) is 8.97. The van der Waals surface area contributed by atoms with Crippen molar-refractivity contribution < 1.29 is 9.90 Å². The van der Waals surface area contributed by atoms with E-state index in [2.05, 4.69) is 10.3 Å². The van der Waals surface area contributed by atoms with Crippen LogP contribution in [0.5, 0.6) is 0 Å². The molecule has 0 unspecified atom stereocenters. The Hall–Kier alpha value is -1.42. The van der Waals surface area contributed by atoms with Gasteiger partial charge in [0, 0.05) is 24.5 Å². The fraction of sp³-hybridized carbons (Fsp3) is 0.600. The fourth-order valence-electron chi connectivity index (χ4n) is 2.66. The Labute approximate surface area is 114 Å². The van der Waals surface area contributed by atoms with Gasteiger partial charge < -0.3 is 10.4 Å². The number of rotatable bonds is 4. The van der Waals surface area contributed by atoms with Crippen LogP contribution in [0.2, 0.25) is 0 Å². The molecule has 1 aromatic rings. The molecule has 1 saturated carbocycles. The number of aliphatic hydroxyl groups is 1. The molecule has 0 spiro atoms. The monoisotopic (exact) mass is 262 g/mol. The Morgan fingerprint density at radius 2 is 2.16 bits per heavy atom. The lowest BCUT2D eigenvalue weighted by molar-refractivity contribution is 0.00524. The van der Waals surface area contributed by atoms with E-state index in [0.29, 0.717) is 12.1 Å². The third-order valence-corrected chi connectivity index (χ3v) is 3.89. The smallest absolute Gasteiger partial charge is 0.251 e. The highest BCUT2D eigenvalue weighted by atomic mass is 16.3. The Morgan fingerprint density at radius 3 is 2.84 bits per heavy atom. The van der Waals surface area contributed by atoms with Crippen LogP contribution in [0.1, 0.15) is 54.9 Å². The first-order valence-corrected chi connectivity index (χ1v) is 7.08. The number of nitrogens with one attached hydrogen (secondary N) is 1. The standard InChI is InChI=1S/C15H22N2O2/c1-2-12-10-16-9-6-13(12)14(18)17-11-15(19)7-4-3-5-8-15/h6,9-10,19H,2-5,7-8,11H2,1H3,(H,17,18). The summed E-state index contributed by atoms with van der Waals surface area (Å²) in [7, 11) is 0. The molecule has 1 aliphatic carbocycles. The van der Waals surface area contributed by atoms with Gasteiger partial charge in [-0.15, -0.1) is 0 Å². The van der Waals surface area contributed by atoms with Gasteiger partial charge in [-0.2, -0.15) is 0 Å². The van der Waals surface area contributed by atoms with Crippen LogP contribution in [-0.2, 0) is 6.42 Å². The van der Waals surface area contributed by atoms with E-state index in [1.54, 1.807) is 18.5 Å². The van der Waals surface area contributed by atoms with Crippen LogP contribution in [0.3, 0.4) is 0 Å². The van der Waals surface area contributed by atoms with Gasteiger partial charge in [-0.25, -0.2) is 0 Å². The molecule has 1 heterocycles. The minimum Gasteiger partial charge on any atom is -0.388 e. The summed E-state index contributed by atoms with van der Waals surface area (Å²) in [5.74, 6) is -0.113. The topological polar surface area (TPSA) is 62.2 Å². The molecule has 4 heteroatoms. The molecular formula is C15H22N2O2. The molecule has 0 aromatic carbocycles. The van der Waals surface area contributed by atoms with E-state index in [9.17, 15) is 9.90 Å². The highest BCUT2D eigenvalue weighted by Crippen LogP contribution is 2.27. The summed E-state index contributed by atoms with van der Waals surface area (Å²) in [6, 6.07) is 1.74. The number of aromatic nitrogens is 1. The van der Waals surface area contributed by atoms with Crippen LogP contribution < -0.4 is 5.32 Å². The quantitative estimate of drug-likeness (QED) is 0.873. The van der Waals surface area contributed by atoms with E-state index >= 15 is 0 Å². The van der Waals surface area contributed by atoms with Crippen molar-refractivity contribution in [2.75, 3.05) is 6.54 Å². The van der Waals surface area contributed by atoms with Gasteiger partial charge in [0.2, 0.25) is 0 Å². The first-order chi connectivity index (χ1) is 9.14. The second-order valence-electron chi connectivity index (χ2n) is 5.35. The van der Waals surface area contributed by atoms with Gasteiger partial charge in [0.1, 0.15) is 0 Å². The van der Waals surface area contributed by atoms with E-state index < -0.39 is 5.60 Å². The number of pyridine rings is 1. The normalized spacial score (nSPS) is 18.0. The van der Waals surface area contributed by atoms with Crippen LogP contribution in [0, 0.1) is 0 Å². The molecule has 0 aliphatic heterocycles. The second kappa shape index (κ2) is 6.15. The van der Waals surface area contributed by atoms with Crippen LogP contribution in [0.25, 0.3) is 0 Å². The molecule has 0 atom stereocenters. The maximum atomic E-state index is 12.2. The summed E-state index contributed by atoms with van der Waals surface area (Å²) in [5.41, 5.74) is 0.889. The maximum absolute atomic E-state index is 12.2. The molecule has 0 saturated heterocycles. The third-order valence-electron chi connectivity index (χ3n) is 3.89. The predicted octanol–water partition coefficient (Wildman–Crippen LogP) is 2.07. The second-order valence-corrected chi connectivity index (χ2v) is 5.35. The number of amides is 1. The lowest BCUT2D eigenvalue weighted by Crippen LogP contribution is -2.44. The van der Waals surface area contributed by atoms with Gasteiger partial charge in [0.25, 0.3) is 5.91 Å². The van der Waals surface area contributed by atoms with E-state index in [4.69, 9.17) is 0 Å². The Kier molecular flexibility index (Phi) is 4.53. The minimum atomic E-state index is -0.715. The molecule has 2 N–H and O–H groups in total. The molecule has 104 valence electrons.